The number of methoxy groups -OCH3 is 2. The van der Waals surface area contributed by atoms with Crippen LogP contribution >= 0.6 is 11.8 Å². The second-order valence-electron chi connectivity index (χ2n) is 6.48. The summed E-state index contributed by atoms with van der Waals surface area (Å²) in [6.45, 7) is 0. The van der Waals surface area contributed by atoms with Crippen LogP contribution in [0, 0.1) is 5.82 Å². The lowest BCUT2D eigenvalue weighted by Crippen LogP contribution is -2.00. The Balaban J connectivity index is 1.71. The Hall–Kier alpha value is -3.32. The molecule has 152 valence electrons. The average Bonchev–Trinajstić information content (AvgIpc) is 3.22. The highest BCUT2D eigenvalue weighted by Gasteiger charge is 2.16. The van der Waals surface area contributed by atoms with Crippen molar-refractivity contribution >= 4 is 11.8 Å². The summed E-state index contributed by atoms with van der Waals surface area (Å²) >= 11 is 1.54. The molecular weight excluding hydrogens is 401 g/mol. The molecule has 0 aliphatic carbocycles. The van der Waals surface area contributed by atoms with Gasteiger partial charge >= 0.3 is 0 Å². The van der Waals surface area contributed by atoms with Crippen LogP contribution in [0.2, 0.25) is 0 Å². The van der Waals surface area contributed by atoms with Crippen LogP contribution in [0.15, 0.2) is 78.0 Å². The first-order valence-electron chi connectivity index (χ1n) is 9.29. The molecule has 0 bridgehead atoms. The summed E-state index contributed by atoms with van der Waals surface area (Å²) in [6, 6.07) is 21.9. The molecule has 0 spiro atoms. The van der Waals surface area contributed by atoms with Crippen molar-refractivity contribution in [3.63, 3.8) is 0 Å². The molecule has 4 rings (SSSR count). The van der Waals surface area contributed by atoms with E-state index in [4.69, 9.17) is 9.47 Å². The topological polar surface area (TPSA) is 49.2 Å². The fourth-order valence-corrected chi connectivity index (χ4v) is 3.89. The van der Waals surface area contributed by atoms with Gasteiger partial charge in [-0.25, -0.2) is 4.39 Å². The number of thioether (sulfide) groups is 1. The van der Waals surface area contributed by atoms with Gasteiger partial charge in [0.1, 0.15) is 17.3 Å². The van der Waals surface area contributed by atoms with Gasteiger partial charge in [-0.1, -0.05) is 23.9 Å². The largest absolute Gasteiger partial charge is 0.497 e. The third-order valence-corrected chi connectivity index (χ3v) is 5.59. The molecule has 0 aliphatic heterocycles. The quantitative estimate of drug-likeness (QED) is 0.375. The molecule has 0 aliphatic rings. The Morgan fingerprint density at radius 1 is 0.800 bits per heavy atom. The monoisotopic (exact) mass is 421 g/mol. The van der Waals surface area contributed by atoms with Crippen molar-refractivity contribution < 1.29 is 13.9 Å². The zero-order chi connectivity index (χ0) is 20.9. The van der Waals surface area contributed by atoms with Gasteiger partial charge in [0.15, 0.2) is 11.0 Å². The van der Waals surface area contributed by atoms with Crippen LogP contribution in [0.4, 0.5) is 4.39 Å². The van der Waals surface area contributed by atoms with Gasteiger partial charge in [0.25, 0.3) is 0 Å². The van der Waals surface area contributed by atoms with E-state index in [0.717, 1.165) is 39.3 Å². The normalized spacial score (nSPS) is 10.8. The Morgan fingerprint density at radius 3 is 2.00 bits per heavy atom. The molecule has 0 saturated heterocycles. The van der Waals surface area contributed by atoms with Crippen LogP contribution in [0.1, 0.15) is 5.56 Å². The molecule has 4 aromatic rings. The summed E-state index contributed by atoms with van der Waals surface area (Å²) < 4.78 is 25.7. The third-order valence-electron chi connectivity index (χ3n) is 4.59. The molecule has 0 amide bonds. The lowest BCUT2D eigenvalue weighted by Gasteiger charge is -2.11. The molecule has 1 heterocycles. The van der Waals surface area contributed by atoms with Gasteiger partial charge in [-0.3, -0.25) is 4.57 Å². The Kier molecular flexibility index (Phi) is 5.99. The maximum Gasteiger partial charge on any atom is 0.196 e. The first kappa shape index (κ1) is 20.0. The van der Waals surface area contributed by atoms with E-state index in [0.29, 0.717) is 5.75 Å². The van der Waals surface area contributed by atoms with E-state index in [1.54, 1.807) is 38.1 Å². The Morgan fingerprint density at radius 2 is 1.40 bits per heavy atom. The van der Waals surface area contributed by atoms with Crippen molar-refractivity contribution in [3.05, 3.63) is 84.2 Å². The number of halogens is 1. The van der Waals surface area contributed by atoms with Gasteiger partial charge in [0, 0.05) is 17.0 Å². The number of benzene rings is 3. The SMILES string of the molecule is COc1ccc(-c2nnc(SCc3ccc(F)cc3)n2-c2ccc(OC)cc2)cc1. The highest BCUT2D eigenvalue weighted by molar-refractivity contribution is 7.98. The van der Waals surface area contributed by atoms with Gasteiger partial charge in [-0.2, -0.15) is 0 Å². The predicted octanol–water partition coefficient (Wildman–Crippen LogP) is 5.38. The molecule has 30 heavy (non-hydrogen) atoms. The zero-order valence-corrected chi connectivity index (χ0v) is 17.4. The second kappa shape index (κ2) is 9.00. The van der Waals surface area contributed by atoms with Crippen LogP contribution < -0.4 is 9.47 Å². The number of aromatic nitrogens is 3. The van der Waals surface area contributed by atoms with Crippen LogP contribution in [0.25, 0.3) is 17.1 Å². The van der Waals surface area contributed by atoms with Crippen molar-refractivity contribution in [2.45, 2.75) is 10.9 Å². The van der Waals surface area contributed by atoms with Crippen LogP contribution in [0.3, 0.4) is 0 Å². The number of rotatable bonds is 7. The molecule has 5 nitrogen and oxygen atoms in total. The fourth-order valence-electron chi connectivity index (χ4n) is 2.98. The molecular formula is C23H20FN3O2S. The van der Waals surface area contributed by atoms with E-state index >= 15 is 0 Å². The average molecular weight is 421 g/mol. The highest BCUT2D eigenvalue weighted by Crippen LogP contribution is 2.31. The molecule has 0 N–H and O–H groups in total. The number of nitrogens with zero attached hydrogens (tertiary/aromatic N) is 3. The molecule has 0 unspecified atom stereocenters. The summed E-state index contributed by atoms with van der Waals surface area (Å²) in [5.41, 5.74) is 2.86. The first-order valence-corrected chi connectivity index (χ1v) is 10.3. The minimum atomic E-state index is -0.244. The van der Waals surface area contributed by atoms with Gasteiger partial charge in [0.05, 0.1) is 14.2 Å². The molecule has 0 saturated carbocycles. The maximum atomic E-state index is 13.2. The highest BCUT2D eigenvalue weighted by atomic mass is 32.2. The van der Waals surface area contributed by atoms with Crippen molar-refractivity contribution in [3.8, 4) is 28.6 Å². The van der Waals surface area contributed by atoms with Gasteiger partial charge in [-0.05, 0) is 66.2 Å². The lowest BCUT2D eigenvalue weighted by molar-refractivity contribution is 0.414. The molecule has 1 aromatic heterocycles. The van der Waals surface area contributed by atoms with E-state index < -0.39 is 0 Å². The van der Waals surface area contributed by atoms with E-state index in [2.05, 4.69) is 10.2 Å². The van der Waals surface area contributed by atoms with Crippen molar-refractivity contribution in [2.24, 2.45) is 0 Å². The summed E-state index contributed by atoms with van der Waals surface area (Å²) in [5, 5.41) is 9.62. The van der Waals surface area contributed by atoms with Gasteiger partial charge in [-0.15, -0.1) is 10.2 Å². The van der Waals surface area contributed by atoms with Crippen molar-refractivity contribution in [2.75, 3.05) is 14.2 Å². The fraction of sp³-hybridized carbons (Fsp3) is 0.130. The number of hydrogen-bond donors (Lipinski definition) is 0. The first-order chi connectivity index (χ1) is 14.7. The Bertz CT molecular complexity index is 1110. The standard InChI is InChI=1S/C23H20FN3O2S/c1-28-20-11-5-17(6-12-20)22-25-26-23(30-15-16-3-7-18(24)8-4-16)27(22)19-9-13-21(29-2)14-10-19/h3-14H,15H2,1-2H3. The second-order valence-corrected chi connectivity index (χ2v) is 7.43. The number of hydrogen-bond acceptors (Lipinski definition) is 5. The van der Waals surface area contributed by atoms with E-state index in [1.165, 1.54) is 12.1 Å². The van der Waals surface area contributed by atoms with E-state index in [9.17, 15) is 4.39 Å². The smallest absolute Gasteiger partial charge is 0.196 e. The molecule has 0 radical (unpaired) electrons. The summed E-state index contributed by atoms with van der Waals surface area (Å²) in [4.78, 5) is 0. The van der Waals surface area contributed by atoms with Crippen molar-refractivity contribution in [1.29, 1.82) is 0 Å². The number of ether oxygens (including phenoxy) is 2. The molecule has 7 heteroatoms. The zero-order valence-electron chi connectivity index (χ0n) is 16.6. The summed E-state index contributed by atoms with van der Waals surface area (Å²) in [5.74, 6) is 2.69. The predicted molar refractivity (Wildman–Crippen MR) is 116 cm³/mol. The van der Waals surface area contributed by atoms with Crippen LogP contribution in [-0.2, 0) is 5.75 Å². The van der Waals surface area contributed by atoms with Crippen molar-refractivity contribution in [1.82, 2.24) is 14.8 Å². The minimum Gasteiger partial charge on any atom is -0.497 e. The van der Waals surface area contributed by atoms with Crippen LogP contribution in [-0.4, -0.2) is 29.0 Å². The molecule has 0 atom stereocenters. The van der Waals surface area contributed by atoms with E-state index in [1.807, 2.05) is 53.1 Å². The van der Waals surface area contributed by atoms with Crippen LogP contribution in [0.5, 0.6) is 11.5 Å². The van der Waals surface area contributed by atoms with Gasteiger partial charge in [0.2, 0.25) is 0 Å². The summed E-state index contributed by atoms with van der Waals surface area (Å²) in [7, 11) is 3.28. The van der Waals surface area contributed by atoms with E-state index in [-0.39, 0.29) is 5.82 Å². The van der Waals surface area contributed by atoms with Gasteiger partial charge < -0.3 is 9.47 Å². The molecule has 3 aromatic carbocycles. The minimum absolute atomic E-state index is 0.244. The summed E-state index contributed by atoms with van der Waals surface area (Å²) in [6.07, 6.45) is 0. The lowest BCUT2D eigenvalue weighted by atomic mass is 10.2. The Labute approximate surface area is 178 Å². The maximum absolute atomic E-state index is 13.2. The molecule has 0 fully saturated rings. The third kappa shape index (κ3) is 4.31.